The number of nitrogens with zero attached hydrogens (tertiary/aromatic N) is 3. The SMILES string of the molecule is N#Cc1cc(-c2ccnc3[nH]c(C4=CCN(CCO)C4)cc23)ccc1OC1CCOCC1. The number of benzene rings is 1. The number of nitrogens with one attached hydrogen (secondary N) is 1. The molecule has 1 aromatic carbocycles. The number of β-amino-alcohol motifs (C(OH)–C–C–N with tert-alkyl or cyclic N) is 1. The van der Waals surface area contributed by atoms with Crippen molar-refractivity contribution in [3.63, 3.8) is 0 Å². The standard InChI is InChI=1S/C25H26N4O3/c26-15-19-13-17(1-2-24(19)32-20-5-11-31-12-6-20)21-3-7-27-25-22(21)14-23(28-25)18-4-8-29(16-18)9-10-30/h1-4,7,13-14,20,30H,5-6,8-12,16H2,(H,27,28). The van der Waals surface area contributed by atoms with Gasteiger partial charge in [0, 0.05) is 49.8 Å². The Labute approximate surface area is 186 Å². The summed E-state index contributed by atoms with van der Waals surface area (Å²) in [5.74, 6) is 0.628. The molecule has 0 radical (unpaired) electrons. The molecule has 1 fully saturated rings. The highest BCUT2D eigenvalue weighted by molar-refractivity contribution is 5.95. The van der Waals surface area contributed by atoms with Crippen LogP contribution in [-0.4, -0.2) is 65.5 Å². The van der Waals surface area contributed by atoms with Crippen molar-refractivity contribution in [1.29, 1.82) is 5.26 Å². The molecule has 164 valence electrons. The highest BCUT2D eigenvalue weighted by Gasteiger charge is 2.20. The maximum absolute atomic E-state index is 9.75. The second-order valence-electron chi connectivity index (χ2n) is 8.24. The number of aromatic nitrogens is 2. The van der Waals surface area contributed by atoms with Crippen molar-refractivity contribution in [2.75, 3.05) is 39.5 Å². The van der Waals surface area contributed by atoms with Gasteiger partial charge in [0.25, 0.3) is 0 Å². The van der Waals surface area contributed by atoms with Crippen LogP contribution in [-0.2, 0) is 4.74 Å². The Morgan fingerprint density at radius 1 is 1.25 bits per heavy atom. The van der Waals surface area contributed by atoms with Gasteiger partial charge in [-0.1, -0.05) is 12.1 Å². The molecule has 2 aliphatic heterocycles. The molecule has 2 N–H and O–H groups in total. The Hall–Kier alpha value is -3.18. The molecular formula is C25H26N4O3. The third-order valence-corrected chi connectivity index (χ3v) is 6.16. The zero-order valence-electron chi connectivity index (χ0n) is 17.9. The van der Waals surface area contributed by atoms with Crippen molar-refractivity contribution >= 4 is 16.6 Å². The van der Waals surface area contributed by atoms with Gasteiger partial charge in [0.05, 0.1) is 25.4 Å². The van der Waals surface area contributed by atoms with Crippen LogP contribution in [0, 0.1) is 11.3 Å². The number of aliphatic hydroxyl groups is 1. The van der Waals surface area contributed by atoms with Crippen molar-refractivity contribution in [3.05, 3.63) is 53.9 Å². The van der Waals surface area contributed by atoms with Crippen LogP contribution >= 0.6 is 0 Å². The lowest BCUT2D eigenvalue weighted by Crippen LogP contribution is -2.26. The molecule has 0 saturated carbocycles. The van der Waals surface area contributed by atoms with Gasteiger partial charge < -0.3 is 19.6 Å². The zero-order valence-corrected chi connectivity index (χ0v) is 17.9. The van der Waals surface area contributed by atoms with Crippen molar-refractivity contribution in [3.8, 4) is 22.9 Å². The maximum Gasteiger partial charge on any atom is 0.138 e. The predicted molar refractivity (Wildman–Crippen MR) is 122 cm³/mol. The van der Waals surface area contributed by atoms with E-state index in [0.29, 0.717) is 31.1 Å². The van der Waals surface area contributed by atoms with Crippen LogP contribution < -0.4 is 4.74 Å². The summed E-state index contributed by atoms with van der Waals surface area (Å²) in [7, 11) is 0. The number of hydrogen-bond donors (Lipinski definition) is 2. The van der Waals surface area contributed by atoms with Crippen LogP contribution in [0.25, 0.3) is 27.7 Å². The van der Waals surface area contributed by atoms with Crippen molar-refractivity contribution < 1.29 is 14.6 Å². The Kier molecular flexibility index (Phi) is 5.91. The van der Waals surface area contributed by atoms with Gasteiger partial charge in [0.2, 0.25) is 0 Å². The highest BCUT2D eigenvalue weighted by atomic mass is 16.5. The molecule has 0 bridgehead atoms. The number of hydrogen-bond acceptors (Lipinski definition) is 6. The van der Waals surface area contributed by atoms with E-state index in [-0.39, 0.29) is 12.7 Å². The number of rotatable bonds is 6. The van der Waals surface area contributed by atoms with Crippen molar-refractivity contribution in [1.82, 2.24) is 14.9 Å². The van der Waals surface area contributed by atoms with Gasteiger partial charge in [0.1, 0.15) is 23.6 Å². The summed E-state index contributed by atoms with van der Waals surface area (Å²) in [6.45, 7) is 3.87. The second kappa shape index (κ2) is 9.13. The fraction of sp³-hybridized carbons (Fsp3) is 0.360. The number of fused-ring (bicyclic) bond motifs is 1. The number of pyridine rings is 1. The average molecular weight is 431 g/mol. The van der Waals surface area contributed by atoms with E-state index in [0.717, 1.165) is 53.8 Å². The summed E-state index contributed by atoms with van der Waals surface area (Å²) in [5.41, 5.74) is 5.59. The molecule has 0 aliphatic carbocycles. The van der Waals surface area contributed by atoms with Gasteiger partial charge in [-0.15, -0.1) is 0 Å². The van der Waals surface area contributed by atoms with Crippen LogP contribution in [0.4, 0.5) is 0 Å². The Morgan fingerprint density at radius 3 is 2.94 bits per heavy atom. The van der Waals surface area contributed by atoms with Gasteiger partial charge in [-0.2, -0.15) is 5.26 Å². The number of nitriles is 1. The normalized spacial score (nSPS) is 17.4. The second-order valence-corrected chi connectivity index (χ2v) is 8.24. The number of ether oxygens (including phenoxy) is 2. The molecule has 1 saturated heterocycles. The first-order valence-corrected chi connectivity index (χ1v) is 11.0. The van der Waals surface area contributed by atoms with E-state index in [2.05, 4.69) is 33.1 Å². The first-order chi connectivity index (χ1) is 15.7. The summed E-state index contributed by atoms with van der Waals surface area (Å²) < 4.78 is 11.5. The molecule has 0 unspecified atom stereocenters. The molecule has 7 heteroatoms. The first-order valence-electron chi connectivity index (χ1n) is 11.0. The van der Waals surface area contributed by atoms with E-state index < -0.39 is 0 Å². The molecule has 32 heavy (non-hydrogen) atoms. The van der Waals surface area contributed by atoms with Crippen LogP contribution in [0.1, 0.15) is 24.1 Å². The largest absolute Gasteiger partial charge is 0.489 e. The predicted octanol–water partition coefficient (Wildman–Crippen LogP) is 3.35. The average Bonchev–Trinajstić information content (AvgIpc) is 3.47. The smallest absolute Gasteiger partial charge is 0.138 e. The highest BCUT2D eigenvalue weighted by Crippen LogP contribution is 2.34. The van der Waals surface area contributed by atoms with E-state index in [1.54, 1.807) is 6.20 Å². The molecule has 0 amide bonds. The Balaban J connectivity index is 1.44. The minimum absolute atomic E-state index is 0.0895. The fourth-order valence-corrected chi connectivity index (χ4v) is 4.43. The maximum atomic E-state index is 9.75. The molecule has 5 rings (SSSR count). The molecular weight excluding hydrogens is 404 g/mol. The van der Waals surface area contributed by atoms with Crippen molar-refractivity contribution in [2.24, 2.45) is 0 Å². The summed E-state index contributed by atoms with van der Waals surface area (Å²) >= 11 is 0. The zero-order chi connectivity index (χ0) is 21.9. The summed E-state index contributed by atoms with van der Waals surface area (Å²) in [6.07, 6.45) is 5.75. The molecule has 2 aromatic heterocycles. The molecule has 7 nitrogen and oxygen atoms in total. The lowest BCUT2D eigenvalue weighted by Gasteiger charge is -2.23. The summed E-state index contributed by atoms with van der Waals surface area (Å²) in [6, 6.07) is 12.2. The Bertz CT molecular complexity index is 1190. The van der Waals surface area contributed by atoms with E-state index in [4.69, 9.17) is 9.47 Å². The quantitative estimate of drug-likeness (QED) is 0.623. The van der Waals surface area contributed by atoms with Gasteiger partial charge in [-0.05, 0) is 41.0 Å². The van der Waals surface area contributed by atoms with Crippen LogP contribution in [0.2, 0.25) is 0 Å². The Morgan fingerprint density at radius 2 is 2.12 bits per heavy atom. The van der Waals surface area contributed by atoms with E-state index in [9.17, 15) is 10.4 Å². The number of aromatic amines is 1. The fourth-order valence-electron chi connectivity index (χ4n) is 4.43. The molecule has 0 atom stereocenters. The minimum Gasteiger partial charge on any atom is -0.489 e. The van der Waals surface area contributed by atoms with Gasteiger partial charge >= 0.3 is 0 Å². The van der Waals surface area contributed by atoms with Crippen LogP contribution in [0.5, 0.6) is 5.75 Å². The van der Waals surface area contributed by atoms with Gasteiger partial charge in [0.15, 0.2) is 0 Å². The molecule has 4 heterocycles. The summed E-state index contributed by atoms with van der Waals surface area (Å²) in [4.78, 5) is 10.1. The molecule has 0 spiro atoms. The topological polar surface area (TPSA) is 94.4 Å². The lowest BCUT2D eigenvalue weighted by molar-refractivity contribution is 0.0254. The monoisotopic (exact) mass is 430 g/mol. The number of aliphatic hydroxyl groups excluding tert-OH is 1. The van der Waals surface area contributed by atoms with Crippen molar-refractivity contribution in [2.45, 2.75) is 18.9 Å². The third kappa shape index (κ3) is 4.13. The molecule has 2 aliphatic rings. The van der Waals surface area contributed by atoms with Gasteiger partial charge in [-0.3, -0.25) is 4.90 Å². The van der Waals surface area contributed by atoms with E-state index in [1.165, 1.54) is 5.57 Å². The lowest BCUT2D eigenvalue weighted by atomic mass is 10.0. The third-order valence-electron chi connectivity index (χ3n) is 6.16. The van der Waals surface area contributed by atoms with Gasteiger partial charge in [-0.25, -0.2) is 4.98 Å². The van der Waals surface area contributed by atoms with E-state index in [1.807, 2.05) is 24.3 Å². The molecule has 3 aromatic rings. The summed E-state index contributed by atoms with van der Waals surface area (Å²) in [5, 5.41) is 20.0. The van der Waals surface area contributed by atoms with Crippen LogP contribution in [0.3, 0.4) is 0 Å². The number of H-pyrrole nitrogens is 1. The minimum atomic E-state index is 0.0895. The first kappa shape index (κ1) is 20.7. The van der Waals surface area contributed by atoms with Crippen LogP contribution in [0.15, 0.2) is 42.6 Å². The van der Waals surface area contributed by atoms with E-state index >= 15 is 0 Å².